The molecule has 0 aromatic rings. The van der Waals surface area contributed by atoms with Crippen molar-refractivity contribution in [2.75, 3.05) is 19.6 Å². The topological polar surface area (TPSA) is 40.5 Å². The summed E-state index contributed by atoms with van der Waals surface area (Å²) in [5, 5.41) is 8.55. The second kappa shape index (κ2) is 5.32. The van der Waals surface area contributed by atoms with Gasteiger partial charge in [0.15, 0.2) is 0 Å². The van der Waals surface area contributed by atoms with Crippen LogP contribution in [-0.4, -0.2) is 35.6 Å². The third-order valence-corrected chi connectivity index (χ3v) is 2.60. The van der Waals surface area contributed by atoms with Crippen molar-refractivity contribution in [2.24, 2.45) is 0 Å². The quantitative estimate of drug-likeness (QED) is 0.789. The van der Waals surface area contributed by atoms with E-state index in [0.717, 1.165) is 31.6 Å². The van der Waals surface area contributed by atoms with Gasteiger partial charge in [-0.15, -0.1) is 0 Å². The number of nitrogens with zero attached hydrogens (tertiary/aromatic N) is 1. The minimum absolute atomic E-state index is 0.731. The lowest BCUT2D eigenvalue weighted by Crippen LogP contribution is -2.30. The molecule has 3 nitrogen and oxygen atoms in total. The molecule has 1 heterocycles. The van der Waals surface area contributed by atoms with E-state index in [2.05, 4.69) is 26.9 Å². The zero-order valence-electron chi connectivity index (χ0n) is 8.16. The van der Waals surface area contributed by atoms with Crippen molar-refractivity contribution in [2.45, 2.75) is 13.3 Å². The summed E-state index contributed by atoms with van der Waals surface area (Å²) in [6.45, 7) is 4.46. The normalized spacial score (nSPS) is 19.3. The molecule has 0 fully saturated rings. The number of aliphatic carboxylic acids is 1. The largest absolute Gasteiger partial charge is 0.478 e. The van der Waals surface area contributed by atoms with Gasteiger partial charge in [0.25, 0.3) is 0 Å². The number of carbonyl (C=O) groups is 1. The summed E-state index contributed by atoms with van der Waals surface area (Å²) >= 11 is 3.45. The van der Waals surface area contributed by atoms with Gasteiger partial charge in [-0.25, -0.2) is 4.79 Å². The Balaban J connectivity index is 2.45. The van der Waals surface area contributed by atoms with Gasteiger partial charge in [-0.1, -0.05) is 27.6 Å². The van der Waals surface area contributed by atoms with Gasteiger partial charge < -0.3 is 5.11 Å². The summed E-state index contributed by atoms with van der Waals surface area (Å²) in [4.78, 5) is 12.6. The Bertz CT molecular complexity index is 284. The predicted octanol–water partition coefficient (Wildman–Crippen LogP) is 2.00. The number of carboxylic acids is 1. The van der Waals surface area contributed by atoms with Gasteiger partial charge in [0.2, 0.25) is 0 Å². The number of hydrogen-bond donors (Lipinski definition) is 1. The molecule has 14 heavy (non-hydrogen) atoms. The minimum atomic E-state index is -0.867. The summed E-state index contributed by atoms with van der Waals surface area (Å²) in [7, 11) is 0. The Morgan fingerprint density at radius 1 is 1.79 bits per heavy atom. The van der Waals surface area contributed by atoms with Crippen molar-refractivity contribution in [1.82, 2.24) is 4.90 Å². The maximum atomic E-state index is 10.4. The summed E-state index contributed by atoms with van der Waals surface area (Å²) in [5.41, 5.74) is 0.889. The lowest BCUT2D eigenvalue weighted by molar-refractivity contribution is -0.131. The maximum Gasteiger partial charge on any atom is 0.328 e. The standard InChI is InChI=1S/C10H14BrNO2/c1-8(5-10(13)14)6-12-4-2-3-9(11)7-12/h3,5H,2,4,6-7H2,1H3,(H,13,14)/b8-5-. The van der Waals surface area contributed by atoms with E-state index in [-0.39, 0.29) is 0 Å². The first-order valence-corrected chi connectivity index (χ1v) is 5.34. The van der Waals surface area contributed by atoms with Gasteiger partial charge >= 0.3 is 5.97 Å². The van der Waals surface area contributed by atoms with E-state index in [0.29, 0.717) is 0 Å². The molecule has 0 amide bonds. The molecule has 0 aliphatic carbocycles. The fourth-order valence-electron chi connectivity index (χ4n) is 1.51. The lowest BCUT2D eigenvalue weighted by Gasteiger charge is -2.25. The van der Waals surface area contributed by atoms with Gasteiger partial charge in [0, 0.05) is 30.2 Å². The average molecular weight is 260 g/mol. The van der Waals surface area contributed by atoms with Crippen LogP contribution in [0, 0.1) is 0 Å². The molecular weight excluding hydrogens is 246 g/mol. The number of halogens is 1. The van der Waals surface area contributed by atoms with Crippen LogP contribution >= 0.6 is 15.9 Å². The molecule has 1 rings (SSSR count). The predicted molar refractivity (Wildman–Crippen MR) is 59.5 cm³/mol. The molecule has 4 heteroatoms. The van der Waals surface area contributed by atoms with Gasteiger partial charge in [-0.3, -0.25) is 4.90 Å². The number of hydrogen-bond acceptors (Lipinski definition) is 2. The maximum absolute atomic E-state index is 10.4. The van der Waals surface area contributed by atoms with Crippen molar-refractivity contribution in [3.8, 4) is 0 Å². The number of carboxylic acid groups (broad SMARTS) is 1. The highest BCUT2D eigenvalue weighted by molar-refractivity contribution is 9.11. The van der Waals surface area contributed by atoms with Crippen molar-refractivity contribution in [1.29, 1.82) is 0 Å². The zero-order chi connectivity index (χ0) is 10.6. The fraction of sp³-hybridized carbons (Fsp3) is 0.500. The third-order valence-electron chi connectivity index (χ3n) is 2.03. The van der Waals surface area contributed by atoms with E-state index in [1.54, 1.807) is 0 Å². The first-order chi connectivity index (χ1) is 6.58. The van der Waals surface area contributed by atoms with Gasteiger partial charge in [0.1, 0.15) is 0 Å². The monoisotopic (exact) mass is 259 g/mol. The average Bonchev–Trinajstić information content (AvgIpc) is 2.01. The summed E-state index contributed by atoms with van der Waals surface area (Å²) in [6.07, 6.45) is 4.46. The second-order valence-corrected chi connectivity index (χ2v) is 4.50. The molecule has 0 radical (unpaired) electrons. The van der Waals surface area contributed by atoms with Gasteiger partial charge in [-0.05, 0) is 13.3 Å². The molecule has 78 valence electrons. The molecule has 0 unspecified atom stereocenters. The van der Waals surface area contributed by atoms with Crippen LogP contribution in [-0.2, 0) is 4.79 Å². The highest BCUT2D eigenvalue weighted by Crippen LogP contribution is 2.15. The van der Waals surface area contributed by atoms with E-state index in [1.807, 2.05) is 6.92 Å². The molecule has 0 bridgehead atoms. The van der Waals surface area contributed by atoms with E-state index >= 15 is 0 Å². The van der Waals surface area contributed by atoms with E-state index < -0.39 is 5.97 Å². The first-order valence-electron chi connectivity index (χ1n) is 4.55. The highest BCUT2D eigenvalue weighted by Gasteiger charge is 2.10. The summed E-state index contributed by atoms with van der Waals surface area (Å²) in [5.74, 6) is -0.867. The lowest BCUT2D eigenvalue weighted by atomic mass is 10.2. The van der Waals surface area contributed by atoms with Crippen LogP contribution in [0.15, 0.2) is 22.2 Å². The van der Waals surface area contributed by atoms with Crippen molar-refractivity contribution in [3.05, 3.63) is 22.2 Å². The van der Waals surface area contributed by atoms with Crippen molar-refractivity contribution < 1.29 is 9.90 Å². The van der Waals surface area contributed by atoms with Crippen LogP contribution in [0.5, 0.6) is 0 Å². The first kappa shape index (κ1) is 11.5. The number of rotatable bonds is 3. The van der Waals surface area contributed by atoms with E-state index in [1.165, 1.54) is 10.6 Å². The SMILES string of the molecule is C/C(=C/C(=O)O)CN1CCC=C(Br)C1. The molecule has 1 aliphatic rings. The van der Waals surface area contributed by atoms with Crippen molar-refractivity contribution in [3.63, 3.8) is 0 Å². The smallest absolute Gasteiger partial charge is 0.328 e. The molecular formula is C10H14BrNO2. The summed E-state index contributed by atoms with van der Waals surface area (Å²) in [6, 6.07) is 0. The Kier molecular flexibility index (Phi) is 4.35. The third kappa shape index (κ3) is 4.07. The molecule has 0 spiro atoms. The highest BCUT2D eigenvalue weighted by atomic mass is 79.9. The van der Waals surface area contributed by atoms with E-state index in [4.69, 9.17) is 5.11 Å². The molecule has 0 saturated heterocycles. The molecule has 0 atom stereocenters. The molecule has 0 saturated carbocycles. The molecule has 1 aliphatic heterocycles. The van der Waals surface area contributed by atoms with Crippen LogP contribution in [0.25, 0.3) is 0 Å². The Labute approximate surface area is 92.2 Å². The van der Waals surface area contributed by atoms with Gasteiger partial charge in [0.05, 0.1) is 0 Å². The van der Waals surface area contributed by atoms with Crippen LogP contribution in [0.3, 0.4) is 0 Å². The Morgan fingerprint density at radius 2 is 2.50 bits per heavy atom. The summed E-state index contributed by atoms with van der Waals surface area (Å²) < 4.78 is 1.19. The molecule has 1 N–H and O–H groups in total. The molecule has 0 aromatic carbocycles. The zero-order valence-corrected chi connectivity index (χ0v) is 9.75. The van der Waals surface area contributed by atoms with Crippen LogP contribution in [0.4, 0.5) is 0 Å². The molecule has 0 aromatic heterocycles. The minimum Gasteiger partial charge on any atom is -0.478 e. The van der Waals surface area contributed by atoms with E-state index in [9.17, 15) is 4.79 Å². The Morgan fingerprint density at radius 3 is 3.07 bits per heavy atom. The fourth-order valence-corrected chi connectivity index (χ4v) is 2.09. The van der Waals surface area contributed by atoms with Gasteiger partial charge in [-0.2, -0.15) is 0 Å². The Hall–Kier alpha value is -0.610. The van der Waals surface area contributed by atoms with Crippen LogP contribution in [0.2, 0.25) is 0 Å². The van der Waals surface area contributed by atoms with Crippen LogP contribution in [0.1, 0.15) is 13.3 Å². The van der Waals surface area contributed by atoms with Crippen LogP contribution < -0.4 is 0 Å². The van der Waals surface area contributed by atoms with Crippen molar-refractivity contribution >= 4 is 21.9 Å². The second-order valence-electron chi connectivity index (χ2n) is 3.48.